The fourth-order valence-corrected chi connectivity index (χ4v) is 3.87. The number of rotatable bonds is 7. The number of ether oxygens (including phenoxy) is 3. The average molecular weight is 445 g/mol. The summed E-state index contributed by atoms with van der Waals surface area (Å²) in [5.74, 6) is -1.84. The van der Waals surface area contributed by atoms with E-state index in [1.165, 1.54) is 13.2 Å². The molecule has 1 saturated heterocycles. The van der Waals surface area contributed by atoms with Crippen molar-refractivity contribution in [3.05, 3.63) is 63.9 Å². The van der Waals surface area contributed by atoms with Crippen LogP contribution in [0.25, 0.3) is 0 Å². The molecule has 4 nitrogen and oxygen atoms in total. The van der Waals surface area contributed by atoms with Gasteiger partial charge in [0.2, 0.25) is 0 Å². The Hall–Kier alpha value is -1.80. The molecule has 30 heavy (non-hydrogen) atoms. The van der Waals surface area contributed by atoms with Crippen LogP contribution < -0.4 is 4.74 Å². The van der Waals surface area contributed by atoms with Gasteiger partial charge < -0.3 is 19.3 Å². The van der Waals surface area contributed by atoms with E-state index < -0.39 is 30.2 Å². The lowest BCUT2D eigenvalue weighted by Crippen LogP contribution is -2.47. The summed E-state index contributed by atoms with van der Waals surface area (Å²) in [7, 11) is 1.34. The summed E-state index contributed by atoms with van der Waals surface area (Å²) in [5.41, 5.74) is 1.77. The molecule has 8 heteroatoms. The molecule has 164 valence electrons. The van der Waals surface area contributed by atoms with Crippen LogP contribution in [-0.2, 0) is 21.7 Å². The molecule has 2 aromatic carbocycles. The van der Waals surface area contributed by atoms with Gasteiger partial charge in [0.1, 0.15) is 6.10 Å². The minimum absolute atomic E-state index is 0.00543. The molecule has 0 bridgehead atoms. The fraction of sp³-hybridized carbons (Fsp3) is 0.455. The molecule has 2 unspecified atom stereocenters. The van der Waals surface area contributed by atoms with Crippen molar-refractivity contribution in [2.24, 2.45) is 0 Å². The molecule has 1 heterocycles. The van der Waals surface area contributed by atoms with Gasteiger partial charge in [-0.3, -0.25) is 0 Å². The fourth-order valence-electron chi connectivity index (χ4n) is 3.69. The first-order chi connectivity index (χ1) is 14.3. The van der Waals surface area contributed by atoms with Crippen molar-refractivity contribution in [2.75, 3.05) is 13.7 Å². The van der Waals surface area contributed by atoms with E-state index in [2.05, 4.69) is 0 Å². The van der Waals surface area contributed by atoms with E-state index in [-0.39, 0.29) is 18.6 Å². The van der Waals surface area contributed by atoms with Crippen LogP contribution in [0.3, 0.4) is 0 Å². The molecule has 3 atom stereocenters. The molecular formula is C22H24ClF3O4. The maximum Gasteiger partial charge on any atom is 0.264 e. The first-order valence-corrected chi connectivity index (χ1v) is 10.0. The Balaban J connectivity index is 1.91. The SMILES string of the molecule is CCOc1ccc(Cc2cc([C@@]3(OC)CC(O)CC(C(F)F)O3)ccc2Cl)cc1F. The topological polar surface area (TPSA) is 47.9 Å². The lowest BCUT2D eigenvalue weighted by Gasteiger charge is -2.42. The highest BCUT2D eigenvalue weighted by Crippen LogP contribution is 2.41. The highest BCUT2D eigenvalue weighted by atomic mass is 35.5. The van der Waals surface area contributed by atoms with Crippen molar-refractivity contribution in [1.82, 2.24) is 0 Å². The Morgan fingerprint density at radius 1 is 1.27 bits per heavy atom. The van der Waals surface area contributed by atoms with E-state index in [1.54, 1.807) is 37.3 Å². The first-order valence-electron chi connectivity index (χ1n) is 9.67. The smallest absolute Gasteiger partial charge is 0.264 e. The van der Waals surface area contributed by atoms with Crippen LogP contribution in [0.5, 0.6) is 5.75 Å². The number of hydrogen-bond acceptors (Lipinski definition) is 4. The molecule has 1 aliphatic heterocycles. The zero-order chi connectivity index (χ0) is 21.9. The summed E-state index contributed by atoms with van der Waals surface area (Å²) in [6.45, 7) is 2.13. The van der Waals surface area contributed by atoms with E-state index >= 15 is 0 Å². The van der Waals surface area contributed by atoms with Gasteiger partial charge in [0, 0.05) is 30.5 Å². The van der Waals surface area contributed by atoms with Crippen LogP contribution in [0.1, 0.15) is 36.5 Å². The van der Waals surface area contributed by atoms with Crippen molar-refractivity contribution >= 4 is 11.6 Å². The Kier molecular flexibility index (Phi) is 7.29. The number of aliphatic hydroxyl groups excluding tert-OH is 1. The molecule has 0 saturated carbocycles. The maximum atomic E-state index is 14.2. The summed E-state index contributed by atoms with van der Waals surface area (Å²) in [6.07, 6.45) is -5.07. The number of benzene rings is 2. The van der Waals surface area contributed by atoms with Gasteiger partial charge >= 0.3 is 0 Å². The summed E-state index contributed by atoms with van der Waals surface area (Å²) in [6, 6.07) is 9.57. The lowest BCUT2D eigenvalue weighted by molar-refractivity contribution is -0.311. The van der Waals surface area contributed by atoms with Gasteiger partial charge in [-0.05, 0) is 48.7 Å². The van der Waals surface area contributed by atoms with Gasteiger partial charge in [0.15, 0.2) is 17.4 Å². The molecule has 1 aliphatic rings. The molecule has 1 N–H and O–H groups in total. The third-order valence-corrected chi connectivity index (χ3v) is 5.51. The summed E-state index contributed by atoms with van der Waals surface area (Å²) in [4.78, 5) is 0. The Bertz CT molecular complexity index is 879. The van der Waals surface area contributed by atoms with Crippen molar-refractivity contribution < 1.29 is 32.5 Å². The summed E-state index contributed by atoms with van der Waals surface area (Å²) >= 11 is 6.33. The second kappa shape index (κ2) is 9.56. The van der Waals surface area contributed by atoms with Crippen molar-refractivity contribution in [3.8, 4) is 5.75 Å². The van der Waals surface area contributed by atoms with Crippen molar-refractivity contribution in [2.45, 2.75) is 50.6 Å². The van der Waals surface area contributed by atoms with E-state index in [4.69, 9.17) is 25.8 Å². The highest BCUT2D eigenvalue weighted by molar-refractivity contribution is 6.31. The minimum atomic E-state index is -2.76. The predicted octanol–water partition coefficient (Wildman–Crippen LogP) is 5.07. The minimum Gasteiger partial charge on any atom is -0.491 e. The van der Waals surface area contributed by atoms with E-state index in [1.807, 2.05) is 0 Å². The van der Waals surface area contributed by atoms with Crippen molar-refractivity contribution in [1.29, 1.82) is 0 Å². The predicted molar refractivity (Wildman–Crippen MR) is 107 cm³/mol. The van der Waals surface area contributed by atoms with E-state index in [0.29, 0.717) is 34.7 Å². The first kappa shape index (κ1) is 22.9. The number of methoxy groups -OCH3 is 1. The maximum absolute atomic E-state index is 14.2. The molecule has 0 radical (unpaired) electrons. The van der Waals surface area contributed by atoms with Crippen LogP contribution in [-0.4, -0.2) is 37.5 Å². The molecule has 2 aromatic rings. The van der Waals surface area contributed by atoms with Gasteiger partial charge in [-0.1, -0.05) is 23.7 Å². The standard InChI is InChI=1S/C22H24ClF3O4/c1-3-29-19-7-4-13(9-18(19)24)8-14-10-15(5-6-17(14)23)22(28-2)12-16(27)11-20(30-22)21(25)26/h4-7,9-10,16,20-21,27H,3,8,11-12H2,1-2H3/t16?,20?,22-/m1/s1. The molecule has 0 amide bonds. The molecule has 1 fully saturated rings. The number of hydrogen-bond donors (Lipinski definition) is 1. The van der Waals surface area contributed by atoms with Crippen LogP contribution in [0, 0.1) is 5.82 Å². The molecule has 0 spiro atoms. The third-order valence-electron chi connectivity index (χ3n) is 5.14. The van der Waals surface area contributed by atoms with Gasteiger partial charge in [-0.25, -0.2) is 13.2 Å². The van der Waals surface area contributed by atoms with Gasteiger partial charge in [0.05, 0.1) is 12.7 Å². The molecule has 3 rings (SSSR count). The Morgan fingerprint density at radius 2 is 2.03 bits per heavy atom. The number of halogens is 4. The number of aliphatic hydroxyl groups is 1. The Labute approximate surface area is 178 Å². The quantitative estimate of drug-likeness (QED) is 0.647. The normalized spacial score (nSPS) is 24.3. The van der Waals surface area contributed by atoms with Crippen LogP contribution in [0.2, 0.25) is 5.02 Å². The van der Waals surface area contributed by atoms with Crippen LogP contribution >= 0.6 is 11.6 Å². The zero-order valence-electron chi connectivity index (χ0n) is 16.7. The molecule has 0 aromatic heterocycles. The largest absolute Gasteiger partial charge is 0.491 e. The van der Waals surface area contributed by atoms with Gasteiger partial charge in [-0.2, -0.15) is 0 Å². The monoisotopic (exact) mass is 444 g/mol. The zero-order valence-corrected chi connectivity index (χ0v) is 17.5. The lowest BCUT2D eigenvalue weighted by atomic mass is 9.90. The summed E-state index contributed by atoms with van der Waals surface area (Å²) in [5, 5.41) is 10.6. The number of alkyl halides is 2. The van der Waals surface area contributed by atoms with Gasteiger partial charge in [0.25, 0.3) is 6.43 Å². The van der Waals surface area contributed by atoms with Crippen LogP contribution in [0.4, 0.5) is 13.2 Å². The average Bonchev–Trinajstić information content (AvgIpc) is 2.71. The molecular weight excluding hydrogens is 421 g/mol. The second-order valence-corrected chi connectivity index (χ2v) is 7.63. The van der Waals surface area contributed by atoms with Crippen LogP contribution in [0.15, 0.2) is 36.4 Å². The van der Waals surface area contributed by atoms with Crippen molar-refractivity contribution in [3.63, 3.8) is 0 Å². The highest BCUT2D eigenvalue weighted by Gasteiger charge is 2.46. The summed E-state index contributed by atoms with van der Waals surface area (Å²) < 4.78 is 57.1. The Morgan fingerprint density at radius 3 is 2.67 bits per heavy atom. The van der Waals surface area contributed by atoms with E-state index in [9.17, 15) is 18.3 Å². The van der Waals surface area contributed by atoms with E-state index in [0.717, 1.165) is 0 Å². The third kappa shape index (κ3) is 4.91. The second-order valence-electron chi connectivity index (χ2n) is 7.22. The molecule has 0 aliphatic carbocycles. The van der Waals surface area contributed by atoms with Gasteiger partial charge in [-0.15, -0.1) is 0 Å².